The molecule has 90 valence electrons. The molecule has 0 saturated heterocycles. The predicted molar refractivity (Wildman–Crippen MR) is 74.0 cm³/mol. The van der Waals surface area contributed by atoms with Gasteiger partial charge in [-0.05, 0) is 34.7 Å². The molecule has 0 aliphatic rings. The van der Waals surface area contributed by atoms with Gasteiger partial charge in [0.2, 0.25) is 0 Å². The number of halogens is 1. The van der Waals surface area contributed by atoms with Gasteiger partial charge in [-0.25, -0.2) is 4.98 Å². The molecule has 0 unspecified atom stereocenters. The van der Waals surface area contributed by atoms with Crippen molar-refractivity contribution >= 4 is 22.6 Å². The fourth-order valence-corrected chi connectivity index (χ4v) is 2.55. The molecule has 0 saturated carbocycles. The number of nitrogens with one attached hydrogen (secondary N) is 1. The standard InChI is InChI=1S/C12H13IN2O2/c1-12(2,3)9-8(13)11(16)15-10(14-9)7-5-4-6-17-7/h4-6H,1-3H3,(H,14,15,16). The van der Waals surface area contributed by atoms with E-state index >= 15 is 0 Å². The van der Waals surface area contributed by atoms with E-state index in [1.54, 1.807) is 18.4 Å². The summed E-state index contributed by atoms with van der Waals surface area (Å²) in [7, 11) is 0. The zero-order chi connectivity index (χ0) is 12.6. The second-order valence-electron chi connectivity index (χ2n) is 4.80. The summed E-state index contributed by atoms with van der Waals surface area (Å²) in [5, 5.41) is 0. The summed E-state index contributed by atoms with van der Waals surface area (Å²) >= 11 is 2.03. The summed E-state index contributed by atoms with van der Waals surface area (Å²) in [6, 6.07) is 3.54. The van der Waals surface area contributed by atoms with Gasteiger partial charge in [0.1, 0.15) is 3.57 Å². The number of rotatable bonds is 1. The van der Waals surface area contributed by atoms with E-state index in [0.29, 0.717) is 15.2 Å². The predicted octanol–water partition coefficient (Wildman–Crippen LogP) is 2.93. The molecule has 0 aromatic carbocycles. The van der Waals surface area contributed by atoms with Crippen LogP contribution in [0.15, 0.2) is 27.6 Å². The molecule has 0 fully saturated rings. The van der Waals surface area contributed by atoms with Crippen LogP contribution in [-0.2, 0) is 5.41 Å². The Bertz CT molecular complexity index is 580. The van der Waals surface area contributed by atoms with Crippen LogP contribution < -0.4 is 5.56 Å². The van der Waals surface area contributed by atoms with Crippen LogP contribution in [-0.4, -0.2) is 9.97 Å². The van der Waals surface area contributed by atoms with Crippen molar-refractivity contribution in [3.05, 3.63) is 38.0 Å². The lowest BCUT2D eigenvalue weighted by atomic mass is 9.92. The molecule has 2 rings (SSSR count). The van der Waals surface area contributed by atoms with Crippen LogP contribution in [0.1, 0.15) is 26.5 Å². The van der Waals surface area contributed by atoms with Gasteiger partial charge in [-0.2, -0.15) is 0 Å². The monoisotopic (exact) mass is 344 g/mol. The number of H-pyrrole nitrogens is 1. The molecule has 1 N–H and O–H groups in total. The van der Waals surface area contributed by atoms with Crippen molar-refractivity contribution in [1.82, 2.24) is 9.97 Å². The molecule has 0 aliphatic heterocycles. The molecule has 5 heteroatoms. The molecular formula is C12H13IN2O2. The third-order valence-electron chi connectivity index (χ3n) is 2.33. The topological polar surface area (TPSA) is 58.9 Å². The van der Waals surface area contributed by atoms with Gasteiger partial charge in [0.25, 0.3) is 5.56 Å². The summed E-state index contributed by atoms with van der Waals surface area (Å²) in [5.41, 5.74) is 0.483. The molecule has 2 aromatic heterocycles. The van der Waals surface area contributed by atoms with Gasteiger partial charge in [0.05, 0.1) is 12.0 Å². The first-order chi connectivity index (χ1) is 7.89. The SMILES string of the molecule is CC(C)(C)c1nc(-c2ccco2)[nH]c(=O)c1I. The van der Waals surface area contributed by atoms with Crippen LogP contribution in [0.25, 0.3) is 11.6 Å². The minimum atomic E-state index is -0.174. The maximum Gasteiger partial charge on any atom is 0.264 e. The molecule has 0 atom stereocenters. The highest BCUT2D eigenvalue weighted by molar-refractivity contribution is 14.1. The fourth-order valence-electron chi connectivity index (χ4n) is 1.49. The first-order valence-corrected chi connectivity index (χ1v) is 6.31. The average molecular weight is 344 g/mol. The van der Waals surface area contributed by atoms with Gasteiger partial charge in [0.15, 0.2) is 11.6 Å². The molecule has 2 aromatic rings. The Kier molecular flexibility index (Phi) is 3.11. The van der Waals surface area contributed by atoms with Crippen LogP contribution in [0.2, 0.25) is 0 Å². The molecule has 4 nitrogen and oxygen atoms in total. The average Bonchev–Trinajstić information content (AvgIpc) is 2.73. The van der Waals surface area contributed by atoms with E-state index in [9.17, 15) is 4.79 Å². The lowest BCUT2D eigenvalue weighted by molar-refractivity contribution is 0.552. The molecule has 0 aliphatic carbocycles. The summed E-state index contributed by atoms with van der Waals surface area (Å²) in [5.74, 6) is 1.05. The Balaban J connectivity index is 2.67. The molecule has 2 heterocycles. The van der Waals surface area contributed by atoms with Gasteiger partial charge < -0.3 is 9.40 Å². The van der Waals surface area contributed by atoms with Crippen molar-refractivity contribution in [2.75, 3.05) is 0 Å². The zero-order valence-corrected chi connectivity index (χ0v) is 12.0. The van der Waals surface area contributed by atoms with E-state index in [1.807, 2.05) is 43.4 Å². The number of furan rings is 1. The van der Waals surface area contributed by atoms with E-state index in [-0.39, 0.29) is 11.0 Å². The van der Waals surface area contributed by atoms with E-state index < -0.39 is 0 Å². The van der Waals surface area contributed by atoms with Crippen LogP contribution in [0.3, 0.4) is 0 Å². The quantitative estimate of drug-likeness (QED) is 0.810. The smallest absolute Gasteiger partial charge is 0.264 e. The second kappa shape index (κ2) is 4.29. The van der Waals surface area contributed by atoms with Crippen molar-refractivity contribution in [2.45, 2.75) is 26.2 Å². The van der Waals surface area contributed by atoms with Gasteiger partial charge in [0, 0.05) is 5.41 Å². The van der Waals surface area contributed by atoms with E-state index in [1.165, 1.54) is 0 Å². The lowest BCUT2D eigenvalue weighted by Crippen LogP contribution is -2.24. The molecule has 0 bridgehead atoms. The molecule has 0 radical (unpaired) electrons. The largest absolute Gasteiger partial charge is 0.461 e. The lowest BCUT2D eigenvalue weighted by Gasteiger charge is -2.19. The highest BCUT2D eigenvalue weighted by Crippen LogP contribution is 2.25. The Labute approximate surface area is 113 Å². The van der Waals surface area contributed by atoms with Crippen molar-refractivity contribution in [3.8, 4) is 11.6 Å². The number of aromatic amines is 1. The van der Waals surface area contributed by atoms with Gasteiger partial charge in [-0.15, -0.1) is 0 Å². The Morgan fingerprint density at radius 1 is 1.41 bits per heavy atom. The number of aromatic nitrogens is 2. The van der Waals surface area contributed by atoms with Crippen molar-refractivity contribution in [1.29, 1.82) is 0 Å². The van der Waals surface area contributed by atoms with Gasteiger partial charge in [-0.3, -0.25) is 4.79 Å². The maximum atomic E-state index is 11.9. The Morgan fingerprint density at radius 3 is 2.65 bits per heavy atom. The first-order valence-electron chi connectivity index (χ1n) is 5.24. The van der Waals surface area contributed by atoms with Crippen molar-refractivity contribution in [3.63, 3.8) is 0 Å². The molecular weight excluding hydrogens is 331 g/mol. The van der Waals surface area contributed by atoms with E-state index in [2.05, 4.69) is 9.97 Å². The molecule has 0 amide bonds. The summed E-state index contributed by atoms with van der Waals surface area (Å²) in [6.07, 6.45) is 1.56. The van der Waals surface area contributed by atoms with Crippen molar-refractivity contribution in [2.24, 2.45) is 0 Å². The van der Waals surface area contributed by atoms with Crippen LogP contribution in [0.5, 0.6) is 0 Å². The molecule has 0 spiro atoms. The third-order valence-corrected chi connectivity index (χ3v) is 3.33. The number of hydrogen-bond donors (Lipinski definition) is 1. The van der Waals surface area contributed by atoms with Crippen LogP contribution in [0.4, 0.5) is 0 Å². The summed E-state index contributed by atoms with van der Waals surface area (Å²) < 4.78 is 5.88. The van der Waals surface area contributed by atoms with Gasteiger partial charge >= 0.3 is 0 Å². The number of hydrogen-bond acceptors (Lipinski definition) is 3. The van der Waals surface area contributed by atoms with E-state index in [0.717, 1.165) is 5.69 Å². The van der Waals surface area contributed by atoms with Crippen molar-refractivity contribution < 1.29 is 4.42 Å². The Hall–Kier alpha value is -1.11. The summed E-state index contributed by atoms with van der Waals surface area (Å²) in [6.45, 7) is 6.09. The fraction of sp³-hybridized carbons (Fsp3) is 0.333. The summed E-state index contributed by atoms with van der Waals surface area (Å²) in [4.78, 5) is 19.1. The zero-order valence-electron chi connectivity index (χ0n) is 9.87. The van der Waals surface area contributed by atoms with Crippen LogP contribution in [0, 0.1) is 3.57 Å². The normalized spacial score (nSPS) is 11.8. The minimum Gasteiger partial charge on any atom is -0.461 e. The van der Waals surface area contributed by atoms with Crippen LogP contribution >= 0.6 is 22.6 Å². The molecule has 17 heavy (non-hydrogen) atoms. The second-order valence-corrected chi connectivity index (χ2v) is 5.88. The number of nitrogens with zero attached hydrogens (tertiary/aromatic N) is 1. The maximum absolute atomic E-state index is 11.9. The van der Waals surface area contributed by atoms with Gasteiger partial charge in [-0.1, -0.05) is 20.8 Å². The minimum absolute atomic E-state index is 0.128. The Morgan fingerprint density at radius 2 is 2.12 bits per heavy atom. The van der Waals surface area contributed by atoms with E-state index in [4.69, 9.17) is 4.42 Å². The highest BCUT2D eigenvalue weighted by Gasteiger charge is 2.22. The highest BCUT2D eigenvalue weighted by atomic mass is 127. The third kappa shape index (κ3) is 2.43. The first kappa shape index (κ1) is 12.3.